The van der Waals surface area contributed by atoms with Gasteiger partial charge >= 0.3 is 0 Å². The molecule has 4 heteroatoms. The fourth-order valence-corrected chi connectivity index (χ4v) is 6.76. The van der Waals surface area contributed by atoms with Crippen molar-refractivity contribution in [2.24, 2.45) is 0 Å². The Morgan fingerprint density at radius 3 is 1.56 bits per heavy atom. The zero-order valence-corrected chi connectivity index (χ0v) is 25.2. The van der Waals surface area contributed by atoms with Crippen molar-refractivity contribution in [3.63, 3.8) is 0 Å². The third-order valence-corrected chi connectivity index (χ3v) is 9.10. The van der Waals surface area contributed by atoms with E-state index in [1.54, 1.807) is 11.3 Å². The van der Waals surface area contributed by atoms with Gasteiger partial charge in [-0.15, -0.1) is 11.3 Å². The van der Waals surface area contributed by atoms with Crippen molar-refractivity contribution in [2.45, 2.75) is 0 Å². The molecule has 8 aromatic rings. The van der Waals surface area contributed by atoms with Crippen molar-refractivity contribution in [3.05, 3.63) is 164 Å². The highest BCUT2D eigenvalue weighted by Gasteiger charge is 2.14. The molecule has 0 radical (unpaired) electrons. The van der Waals surface area contributed by atoms with Crippen molar-refractivity contribution in [3.8, 4) is 66.7 Å². The summed E-state index contributed by atoms with van der Waals surface area (Å²) in [4.78, 5) is 15.2. The molecule has 2 aromatic heterocycles. The van der Waals surface area contributed by atoms with Gasteiger partial charge in [-0.05, 0) is 34.9 Å². The summed E-state index contributed by atoms with van der Waals surface area (Å²) >= 11 is 1.73. The summed E-state index contributed by atoms with van der Waals surface area (Å²) in [6.45, 7) is 0. The first-order chi connectivity index (χ1) is 22.3. The molecular formula is C41H27N3S. The van der Waals surface area contributed by atoms with E-state index in [1.165, 1.54) is 15.8 Å². The zero-order valence-electron chi connectivity index (χ0n) is 24.3. The van der Waals surface area contributed by atoms with Gasteiger partial charge in [-0.2, -0.15) is 0 Å². The maximum Gasteiger partial charge on any atom is 0.160 e. The summed E-state index contributed by atoms with van der Waals surface area (Å²) in [7, 11) is 0. The lowest BCUT2D eigenvalue weighted by Gasteiger charge is -2.11. The Morgan fingerprint density at radius 1 is 0.356 bits per heavy atom. The molecule has 0 N–H and O–H groups in total. The van der Waals surface area contributed by atoms with Gasteiger partial charge < -0.3 is 0 Å². The van der Waals surface area contributed by atoms with Crippen molar-refractivity contribution in [1.29, 1.82) is 0 Å². The van der Waals surface area contributed by atoms with Crippen molar-refractivity contribution in [1.82, 2.24) is 15.0 Å². The maximum absolute atomic E-state index is 5.12. The Morgan fingerprint density at radius 2 is 0.867 bits per heavy atom. The molecule has 0 aliphatic heterocycles. The van der Waals surface area contributed by atoms with Gasteiger partial charge in [0.15, 0.2) is 5.82 Å². The molecule has 0 amide bonds. The highest BCUT2D eigenvalue weighted by Crippen LogP contribution is 2.38. The molecule has 0 atom stereocenters. The van der Waals surface area contributed by atoms with Gasteiger partial charge in [-0.3, -0.25) is 0 Å². The summed E-state index contributed by atoms with van der Waals surface area (Å²) in [6.07, 6.45) is 0. The molecule has 2 heterocycles. The molecule has 0 saturated carbocycles. The molecule has 6 aromatic carbocycles. The third-order valence-electron chi connectivity index (χ3n) is 7.95. The van der Waals surface area contributed by atoms with E-state index < -0.39 is 0 Å². The first-order valence-corrected chi connectivity index (χ1v) is 15.8. The van der Waals surface area contributed by atoms with Gasteiger partial charge in [0, 0.05) is 27.8 Å². The molecule has 0 bridgehead atoms. The molecule has 45 heavy (non-hydrogen) atoms. The van der Waals surface area contributed by atoms with Crippen LogP contribution in [0, 0.1) is 0 Å². The van der Waals surface area contributed by atoms with Crippen LogP contribution in [-0.2, 0) is 0 Å². The average Bonchev–Trinajstić information content (AvgIpc) is 3.58. The molecular weight excluding hydrogens is 567 g/mol. The molecule has 8 rings (SSSR count). The highest BCUT2D eigenvalue weighted by atomic mass is 32.1. The number of rotatable bonds is 6. The largest absolute Gasteiger partial charge is 0.236 e. The minimum absolute atomic E-state index is 0.696. The van der Waals surface area contributed by atoms with Gasteiger partial charge in [0.1, 0.15) is 5.01 Å². The Balaban J connectivity index is 1.22. The van der Waals surface area contributed by atoms with Crippen LogP contribution in [0.25, 0.3) is 76.9 Å². The Kier molecular flexibility index (Phi) is 7.02. The van der Waals surface area contributed by atoms with E-state index in [-0.39, 0.29) is 0 Å². The second-order valence-corrected chi connectivity index (χ2v) is 11.9. The summed E-state index contributed by atoms with van der Waals surface area (Å²) < 4.78 is 1.17. The third kappa shape index (κ3) is 5.44. The van der Waals surface area contributed by atoms with Crippen LogP contribution in [0.15, 0.2) is 164 Å². The van der Waals surface area contributed by atoms with Crippen LogP contribution in [0.2, 0.25) is 0 Å². The summed E-state index contributed by atoms with van der Waals surface area (Å²) in [5.74, 6) is 0.696. The van der Waals surface area contributed by atoms with Crippen molar-refractivity contribution in [2.75, 3.05) is 0 Å². The van der Waals surface area contributed by atoms with Gasteiger partial charge in [0.25, 0.3) is 0 Å². The molecule has 212 valence electrons. The standard InChI is InChI=1S/C41H27N3S/c1-4-12-28(13-5-1)29-22-24-31(25-23-29)38-27-37(30-14-6-2-7-15-30)42-40(43-38)34-19-10-18-33(26-34)35-20-11-21-36-39(35)45-41(44-36)32-16-8-3-9-17-32/h1-27H. The van der Waals surface area contributed by atoms with Gasteiger partial charge in [0.2, 0.25) is 0 Å². The van der Waals surface area contributed by atoms with Gasteiger partial charge in [-0.25, -0.2) is 15.0 Å². The van der Waals surface area contributed by atoms with Crippen molar-refractivity contribution >= 4 is 21.6 Å². The predicted octanol–water partition coefficient (Wildman–Crippen LogP) is 11.1. The maximum atomic E-state index is 5.12. The highest BCUT2D eigenvalue weighted by molar-refractivity contribution is 7.22. The lowest BCUT2D eigenvalue weighted by atomic mass is 10.0. The van der Waals surface area contributed by atoms with E-state index in [2.05, 4.69) is 133 Å². The SMILES string of the molecule is c1ccc(-c2ccc(-c3cc(-c4ccccc4)nc(-c4cccc(-c5cccc6nc(-c7ccccc7)sc56)c4)n3)cc2)cc1. The van der Waals surface area contributed by atoms with Crippen molar-refractivity contribution < 1.29 is 0 Å². The molecule has 0 saturated heterocycles. The fraction of sp³-hybridized carbons (Fsp3) is 0. The number of thiazole rings is 1. The smallest absolute Gasteiger partial charge is 0.160 e. The Bertz CT molecular complexity index is 2240. The second kappa shape index (κ2) is 11.8. The van der Waals surface area contributed by atoms with Gasteiger partial charge in [-0.1, -0.05) is 146 Å². The normalized spacial score (nSPS) is 11.1. The average molecular weight is 594 g/mol. The van der Waals surface area contributed by atoms with E-state index in [0.29, 0.717) is 5.82 Å². The minimum Gasteiger partial charge on any atom is -0.236 e. The van der Waals surface area contributed by atoms with E-state index in [0.717, 1.165) is 55.3 Å². The van der Waals surface area contributed by atoms with E-state index in [1.807, 2.05) is 30.3 Å². The first-order valence-electron chi connectivity index (χ1n) is 14.9. The number of hydrogen-bond donors (Lipinski definition) is 0. The monoisotopic (exact) mass is 593 g/mol. The topological polar surface area (TPSA) is 38.7 Å². The number of aromatic nitrogens is 3. The molecule has 0 spiro atoms. The Hall–Kier alpha value is -5.71. The van der Waals surface area contributed by atoms with Crippen LogP contribution in [0.4, 0.5) is 0 Å². The van der Waals surface area contributed by atoms with E-state index in [4.69, 9.17) is 15.0 Å². The lowest BCUT2D eigenvalue weighted by molar-refractivity contribution is 1.18. The molecule has 0 aliphatic carbocycles. The summed E-state index contributed by atoms with van der Waals surface area (Å²) in [5.41, 5.74) is 11.6. The lowest BCUT2D eigenvalue weighted by Crippen LogP contribution is -1.96. The summed E-state index contributed by atoms with van der Waals surface area (Å²) in [6, 6.07) is 56.7. The second-order valence-electron chi connectivity index (χ2n) is 10.9. The molecule has 0 aliphatic rings. The predicted molar refractivity (Wildman–Crippen MR) is 188 cm³/mol. The minimum atomic E-state index is 0.696. The number of benzene rings is 6. The van der Waals surface area contributed by atoms with Gasteiger partial charge in [0.05, 0.1) is 21.6 Å². The van der Waals surface area contributed by atoms with Crippen LogP contribution >= 0.6 is 11.3 Å². The van der Waals surface area contributed by atoms with Crippen LogP contribution < -0.4 is 0 Å². The van der Waals surface area contributed by atoms with E-state index >= 15 is 0 Å². The van der Waals surface area contributed by atoms with E-state index in [9.17, 15) is 0 Å². The number of fused-ring (bicyclic) bond motifs is 1. The van der Waals surface area contributed by atoms with Crippen LogP contribution in [0.1, 0.15) is 0 Å². The zero-order chi connectivity index (χ0) is 30.0. The summed E-state index contributed by atoms with van der Waals surface area (Å²) in [5, 5.41) is 1.02. The Labute approximate surface area is 266 Å². The quantitative estimate of drug-likeness (QED) is 0.192. The van der Waals surface area contributed by atoms with Crippen LogP contribution in [-0.4, -0.2) is 15.0 Å². The molecule has 0 fully saturated rings. The molecule has 3 nitrogen and oxygen atoms in total. The number of nitrogens with zero attached hydrogens (tertiary/aromatic N) is 3. The van der Waals surface area contributed by atoms with Crippen LogP contribution in [0.3, 0.4) is 0 Å². The van der Waals surface area contributed by atoms with Crippen LogP contribution in [0.5, 0.6) is 0 Å². The molecule has 0 unspecified atom stereocenters. The number of hydrogen-bond acceptors (Lipinski definition) is 4. The fourth-order valence-electron chi connectivity index (χ4n) is 5.65. The first kappa shape index (κ1) is 26.9.